The molecule has 0 saturated heterocycles. The van der Waals surface area contributed by atoms with E-state index in [9.17, 15) is 13.6 Å². The fourth-order valence-corrected chi connectivity index (χ4v) is 9.24. The van der Waals surface area contributed by atoms with Crippen molar-refractivity contribution in [2.24, 2.45) is 0 Å². The first kappa shape index (κ1) is 44.6. The number of methoxy groups -OCH3 is 1. The number of halogens is 6. The van der Waals surface area contributed by atoms with Gasteiger partial charge < -0.3 is 19.3 Å². The Morgan fingerprint density at radius 1 is 0.609 bits per heavy atom. The van der Waals surface area contributed by atoms with E-state index in [0.717, 1.165) is 92.0 Å². The third-order valence-corrected chi connectivity index (χ3v) is 12.4. The van der Waals surface area contributed by atoms with Gasteiger partial charge in [0.2, 0.25) is 5.91 Å². The number of carbonyl (C=O) groups is 1. The molecule has 1 heterocycles. The Labute approximate surface area is 368 Å². The molecule has 11 heteroatoms. The first-order valence-electron chi connectivity index (χ1n) is 21.6. The third-order valence-electron chi connectivity index (χ3n) is 12.4. The summed E-state index contributed by atoms with van der Waals surface area (Å²) in [4.78, 5) is 12.7. The van der Waals surface area contributed by atoms with Gasteiger partial charge in [-0.1, -0.05) is 78.4 Å². The van der Waals surface area contributed by atoms with Crippen LogP contribution in [0.3, 0.4) is 0 Å². The quantitative estimate of drug-likeness (QED) is 0.0455. The number of amides is 1. The summed E-state index contributed by atoms with van der Waals surface area (Å²) in [5, 5.41) is 6.12. The van der Waals surface area contributed by atoms with Crippen LogP contribution in [0.5, 0.6) is 0 Å². The van der Waals surface area contributed by atoms with Gasteiger partial charge in [-0.3, -0.25) is 4.79 Å². The second kappa shape index (κ2) is 19.4. The minimum atomic E-state index is -1.57. The summed E-state index contributed by atoms with van der Waals surface area (Å²) in [5.41, 5.74) is 6.59. The standard InChI is InChI=1S/C53H48F6N2O3/c1-33-15-17-34(18-16-33)29-60-49(62)32-64-22-10-8-20-61(19-7-9-21-63-2)30-43-41(37-25-45(54)52(58)46(55)26-37)23-35-11-3-5-13-39(35)50(43)51-40-14-6-4-12-36(40)24-42(44(51)31-61)38-27-47(56)53(59)48(57)28-38/h3-6,11-18,23-28H,7-10,19-22,29-32H2,1-2H3/p+1. The van der Waals surface area contributed by atoms with Crippen LogP contribution in [0.4, 0.5) is 26.3 Å². The Kier molecular flexibility index (Phi) is 13.5. The van der Waals surface area contributed by atoms with Crippen LogP contribution < -0.4 is 5.32 Å². The normalized spacial score (nSPS) is 13.2. The van der Waals surface area contributed by atoms with Gasteiger partial charge in [-0.2, -0.15) is 0 Å². The summed E-state index contributed by atoms with van der Waals surface area (Å²) >= 11 is 0. The van der Waals surface area contributed by atoms with E-state index in [1.165, 1.54) is 0 Å². The molecule has 0 unspecified atom stereocenters. The zero-order valence-corrected chi connectivity index (χ0v) is 35.8. The molecule has 0 fully saturated rings. The van der Waals surface area contributed by atoms with Crippen molar-refractivity contribution in [1.29, 1.82) is 0 Å². The van der Waals surface area contributed by atoms with Gasteiger partial charge in [-0.15, -0.1) is 0 Å². The Morgan fingerprint density at radius 2 is 1.08 bits per heavy atom. The second-order valence-corrected chi connectivity index (χ2v) is 16.8. The van der Waals surface area contributed by atoms with Gasteiger partial charge in [0.1, 0.15) is 19.7 Å². The largest absolute Gasteiger partial charge is 0.385 e. The zero-order chi connectivity index (χ0) is 45.0. The molecule has 0 radical (unpaired) electrons. The lowest BCUT2D eigenvalue weighted by Gasteiger charge is -2.39. The van der Waals surface area contributed by atoms with Crippen LogP contribution in [0.1, 0.15) is 47.9 Å². The third kappa shape index (κ3) is 9.43. The van der Waals surface area contributed by atoms with Crippen LogP contribution in [-0.2, 0) is 33.9 Å². The van der Waals surface area contributed by atoms with Crippen LogP contribution in [0.15, 0.2) is 109 Å². The molecule has 1 aliphatic rings. The van der Waals surface area contributed by atoms with E-state index in [-0.39, 0.29) is 23.6 Å². The van der Waals surface area contributed by atoms with Crippen molar-refractivity contribution in [3.05, 3.63) is 166 Å². The van der Waals surface area contributed by atoms with Crippen LogP contribution in [0.25, 0.3) is 54.9 Å². The van der Waals surface area contributed by atoms with E-state index in [1.807, 2.05) is 91.9 Å². The summed E-state index contributed by atoms with van der Waals surface area (Å²) in [6, 6.07) is 31.1. The number of aryl methyl sites for hydroxylation is 1. The SMILES string of the molecule is COCCCC[N+]1(CCCCOCC(=O)NCc2ccc(C)cc2)Cc2c(-c3cc(F)c(F)c(F)c3)cc3ccccc3c2-c2c(c(-c3cc(F)c(F)c(F)c3)cc3ccccc23)C1. The van der Waals surface area contributed by atoms with Gasteiger partial charge in [0, 0.05) is 49.1 Å². The molecule has 0 aromatic heterocycles. The summed E-state index contributed by atoms with van der Waals surface area (Å²) in [7, 11) is 1.64. The molecule has 0 spiro atoms. The van der Waals surface area contributed by atoms with Gasteiger partial charge in [0.05, 0.1) is 13.1 Å². The van der Waals surface area contributed by atoms with E-state index >= 15 is 17.6 Å². The van der Waals surface area contributed by atoms with Crippen molar-refractivity contribution >= 4 is 27.5 Å². The molecule has 7 aromatic carbocycles. The molecule has 1 amide bonds. The predicted molar refractivity (Wildman–Crippen MR) is 239 cm³/mol. The highest BCUT2D eigenvalue weighted by molar-refractivity contribution is 6.12. The molecular formula is C53H49F6N2O3+. The number of nitrogens with zero attached hydrogens (tertiary/aromatic N) is 1. The first-order chi connectivity index (χ1) is 30.9. The molecule has 7 aromatic rings. The van der Waals surface area contributed by atoms with Crippen molar-refractivity contribution in [1.82, 2.24) is 5.32 Å². The molecular weight excluding hydrogens is 827 g/mol. The lowest BCUT2D eigenvalue weighted by molar-refractivity contribution is -0.953. The second-order valence-electron chi connectivity index (χ2n) is 16.8. The lowest BCUT2D eigenvalue weighted by atomic mass is 9.82. The van der Waals surface area contributed by atoms with Crippen LogP contribution in [0.2, 0.25) is 0 Å². The average molecular weight is 876 g/mol. The molecule has 5 nitrogen and oxygen atoms in total. The van der Waals surface area contributed by atoms with Crippen molar-refractivity contribution in [3.8, 4) is 33.4 Å². The first-order valence-corrected chi connectivity index (χ1v) is 21.6. The number of unbranched alkanes of at least 4 members (excludes halogenated alkanes) is 2. The molecule has 0 atom stereocenters. The summed E-state index contributed by atoms with van der Waals surface area (Å²) in [6.07, 6.45) is 2.70. The van der Waals surface area contributed by atoms with Crippen molar-refractivity contribution < 1.29 is 45.1 Å². The molecule has 64 heavy (non-hydrogen) atoms. The minimum absolute atomic E-state index is 0.105. The van der Waals surface area contributed by atoms with Crippen LogP contribution >= 0.6 is 0 Å². The molecule has 0 saturated carbocycles. The van der Waals surface area contributed by atoms with Crippen molar-refractivity contribution in [2.45, 2.75) is 52.2 Å². The Hall–Kier alpha value is -6.01. The maximum Gasteiger partial charge on any atom is 0.246 e. The Morgan fingerprint density at radius 3 is 1.56 bits per heavy atom. The summed E-state index contributed by atoms with van der Waals surface area (Å²) < 4.78 is 102. The molecule has 0 bridgehead atoms. The monoisotopic (exact) mass is 875 g/mol. The highest BCUT2D eigenvalue weighted by atomic mass is 19.2. The van der Waals surface area contributed by atoms with Gasteiger partial charge in [0.15, 0.2) is 34.9 Å². The molecule has 330 valence electrons. The number of fused-ring (bicyclic) bond motifs is 7. The fraction of sp³-hybridized carbons (Fsp3) is 0.264. The molecule has 1 aliphatic heterocycles. The van der Waals surface area contributed by atoms with E-state index in [4.69, 9.17) is 9.47 Å². The highest BCUT2D eigenvalue weighted by Crippen LogP contribution is 2.50. The summed E-state index contributed by atoms with van der Waals surface area (Å²) in [6.45, 7) is 5.02. The van der Waals surface area contributed by atoms with E-state index in [0.29, 0.717) is 74.4 Å². The minimum Gasteiger partial charge on any atom is -0.385 e. The Balaban J connectivity index is 1.26. The topological polar surface area (TPSA) is 47.6 Å². The fourth-order valence-electron chi connectivity index (χ4n) is 9.24. The number of ether oxygens (including phenoxy) is 2. The number of quaternary nitrogens is 1. The number of hydrogen-bond donors (Lipinski definition) is 1. The lowest BCUT2D eigenvalue weighted by Crippen LogP contribution is -2.48. The maximum absolute atomic E-state index is 15.2. The van der Waals surface area contributed by atoms with Gasteiger partial charge in [-0.25, -0.2) is 26.3 Å². The average Bonchev–Trinajstić information content (AvgIpc) is 3.44. The number of carbonyl (C=O) groups excluding carboxylic acids is 1. The van der Waals surface area contributed by atoms with Crippen molar-refractivity contribution in [3.63, 3.8) is 0 Å². The van der Waals surface area contributed by atoms with Gasteiger partial charge in [-0.05, 0) is 118 Å². The van der Waals surface area contributed by atoms with Crippen LogP contribution in [0, 0.1) is 41.8 Å². The predicted octanol–water partition coefficient (Wildman–Crippen LogP) is 12.5. The number of nitrogens with one attached hydrogen (secondary N) is 1. The smallest absolute Gasteiger partial charge is 0.246 e. The zero-order valence-electron chi connectivity index (χ0n) is 35.8. The van der Waals surface area contributed by atoms with E-state index < -0.39 is 34.9 Å². The van der Waals surface area contributed by atoms with Crippen LogP contribution in [-0.4, -0.2) is 50.4 Å². The Bertz CT molecular complexity index is 2650. The number of benzene rings is 7. The van der Waals surface area contributed by atoms with E-state index in [1.54, 1.807) is 7.11 Å². The van der Waals surface area contributed by atoms with Gasteiger partial charge in [0.25, 0.3) is 0 Å². The molecule has 0 aliphatic carbocycles. The van der Waals surface area contributed by atoms with E-state index in [2.05, 4.69) is 5.32 Å². The molecule has 1 N–H and O–H groups in total. The molecule has 8 rings (SSSR count). The van der Waals surface area contributed by atoms with Crippen molar-refractivity contribution in [2.75, 3.05) is 40.0 Å². The van der Waals surface area contributed by atoms with Gasteiger partial charge >= 0.3 is 0 Å². The maximum atomic E-state index is 15.2. The summed E-state index contributed by atoms with van der Waals surface area (Å²) in [5.74, 6) is -8.63. The number of hydrogen-bond acceptors (Lipinski definition) is 3. The highest BCUT2D eigenvalue weighted by Gasteiger charge is 2.38. The number of rotatable bonds is 16.